The summed E-state index contributed by atoms with van der Waals surface area (Å²) in [6, 6.07) is 44.6. The summed E-state index contributed by atoms with van der Waals surface area (Å²) in [7, 11) is -0.507. The molecule has 4 aromatic rings. The highest BCUT2D eigenvalue weighted by Crippen LogP contribution is 2.77. The molecule has 0 spiro atoms. The number of rotatable bonds is 5. The van der Waals surface area contributed by atoms with E-state index in [1.165, 1.54) is 21.7 Å². The quantitative estimate of drug-likeness (QED) is 0.342. The molecule has 0 heterocycles. The molecule has 0 radical (unpaired) electrons. The van der Waals surface area contributed by atoms with Gasteiger partial charge in [0.2, 0.25) is 0 Å². The molecular weight excluding hydrogens is 367 g/mol. The van der Waals surface area contributed by atoms with Crippen LogP contribution in [0.5, 0.6) is 0 Å². The first kappa shape index (κ1) is 18.3. The maximum Gasteiger partial charge on any atom is 0.0107 e. The third-order valence-electron chi connectivity index (χ3n) is 6.31. The Morgan fingerprint density at radius 1 is 0.483 bits per heavy atom. The second-order valence-corrected chi connectivity index (χ2v) is 10.7. The first-order valence-corrected chi connectivity index (χ1v) is 11.6. The van der Waals surface area contributed by atoms with Gasteiger partial charge in [-0.3, -0.25) is 0 Å². The maximum absolute atomic E-state index is 2.52. The Morgan fingerprint density at radius 3 is 1.14 bits per heavy atom. The predicted octanol–water partition coefficient (Wildman–Crippen LogP) is 6.46. The summed E-state index contributed by atoms with van der Waals surface area (Å²) in [6.07, 6.45) is 0. The summed E-state index contributed by atoms with van der Waals surface area (Å²) in [5.74, 6) is 1.05. The number of hydrogen-bond donors (Lipinski definition) is 0. The van der Waals surface area contributed by atoms with Crippen molar-refractivity contribution in [2.24, 2.45) is 0 Å². The number of benzene rings is 4. The van der Waals surface area contributed by atoms with Crippen LogP contribution in [0.15, 0.2) is 121 Å². The Balaban J connectivity index is 1.68. The van der Waals surface area contributed by atoms with Gasteiger partial charge in [-0.05, 0) is 29.7 Å². The van der Waals surface area contributed by atoms with E-state index in [1.54, 1.807) is 0 Å². The molecule has 0 bridgehead atoms. The van der Waals surface area contributed by atoms with Crippen LogP contribution in [0.2, 0.25) is 0 Å². The fraction of sp³-hybridized carbons (Fsp3) is 0.143. The van der Waals surface area contributed by atoms with Gasteiger partial charge in [0.05, 0.1) is 0 Å². The molecule has 0 N–H and O–H groups in total. The van der Waals surface area contributed by atoms with Crippen molar-refractivity contribution in [3.63, 3.8) is 0 Å². The van der Waals surface area contributed by atoms with Crippen LogP contribution in [0.3, 0.4) is 0 Å². The highest BCUT2D eigenvalue weighted by molar-refractivity contribution is 7.74. The minimum atomic E-state index is -0.507. The number of hydrogen-bond acceptors (Lipinski definition) is 0. The van der Waals surface area contributed by atoms with E-state index in [0.29, 0.717) is 11.8 Å². The molecule has 1 aliphatic rings. The van der Waals surface area contributed by atoms with Gasteiger partial charge in [-0.15, -0.1) is 0 Å². The molecule has 29 heavy (non-hydrogen) atoms. The van der Waals surface area contributed by atoms with E-state index in [1.807, 2.05) is 0 Å². The SMILES string of the molecule is CC1(P(c2ccccc2)c2ccccc2)[C@H](c2ccccc2)[C@H]1c1ccccc1. The lowest BCUT2D eigenvalue weighted by atomic mass is 10.0. The average molecular weight is 392 g/mol. The summed E-state index contributed by atoms with van der Waals surface area (Å²) in [5.41, 5.74) is 2.92. The van der Waals surface area contributed by atoms with Crippen LogP contribution < -0.4 is 10.6 Å². The average Bonchev–Trinajstić information content (AvgIpc) is 3.42. The summed E-state index contributed by atoms with van der Waals surface area (Å²) in [6.45, 7) is 2.52. The highest BCUT2D eigenvalue weighted by Gasteiger charge is 2.66. The van der Waals surface area contributed by atoms with Crippen LogP contribution in [-0.4, -0.2) is 5.16 Å². The van der Waals surface area contributed by atoms with Crippen LogP contribution in [0, 0.1) is 0 Å². The molecule has 1 aliphatic carbocycles. The van der Waals surface area contributed by atoms with Crippen molar-refractivity contribution in [3.8, 4) is 0 Å². The fourth-order valence-electron chi connectivity index (χ4n) is 5.02. The van der Waals surface area contributed by atoms with Crippen molar-refractivity contribution in [2.45, 2.75) is 23.9 Å². The Morgan fingerprint density at radius 2 is 0.793 bits per heavy atom. The third kappa shape index (κ3) is 3.22. The summed E-state index contributed by atoms with van der Waals surface area (Å²) < 4.78 is 0. The minimum absolute atomic E-state index is 0.181. The molecule has 1 heteroatoms. The maximum atomic E-state index is 2.52. The van der Waals surface area contributed by atoms with Gasteiger partial charge in [0.1, 0.15) is 0 Å². The second kappa shape index (κ2) is 7.62. The Labute approximate surface area is 175 Å². The van der Waals surface area contributed by atoms with E-state index >= 15 is 0 Å². The van der Waals surface area contributed by atoms with E-state index in [4.69, 9.17) is 0 Å². The van der Waals surface area contributed by atoms with Crippen molar-refractivity contribution < 1.29 is 0 Å². The van der Waals surface area contributed by atoms with Crippen LogP contribution in [0.25, 0.3) is 0 Å². The van der Waals surface area contributed by atoms with Gasteiger partial charge in [-0.2, -0.15) is 0 Å². The lowest BCUT2D eigenvalue weighted by Gasteiger charge is -2.28. The monoisotopic (exact) mass is 392 g/mol. The third-order valence-corrected chi connectivity index (χ3v) is 9.46. The van der Waals surface area contributed by atoms with Crippen molar-refractivity contribution in [1.82, 2.24) is 0 Å². The highest BCUT2D eigenvalue weighted by atomic mass is 31.1. The Kier molecular flexibility index (Phi) is 4.82. The molecule has 5 rings (SSSR count). The molecule has 0 unspecified atom stereocenters. The summed E-state index contributed by atoms with van der Waals surface area (Å²) >= 11 is 0. The van der Waals surface area contributed by atoms with Gasteiger partial charge >= 0.3 is 0 Å². The van der Waals surface area contributed by atoms with Crippen molar-refractivity contribution in [3.05, 3.63) is 132 Å². The first-order chi connectivity index (χ1) is 14.3. The Bertz CT molecular complexity index is 973. The van der Waals surface area contributed by atoms with E-state index in [9.17, 15) is 0 Å². The van der Waals surface area contributed by atoms with E-state index in [-0.39, 0.29) is 5.16 Å². The van der Waals surface area contributed by atoms with Crippen molar-refractivity contribution in [2.75, 3.05) is 0 Å². The molecule has 0 nitrogen and oxygen atoms in total. The molecule has 0 aliphatic heterocycles. The minimum Gasteiger partial charge on any atom is -0.0622 e. The molecule has 4 aromatic carbocycles. The van der Waals surface area contributed by atoms with Gasteiger partial charge in [0, 0.05) is 17.0 Å². The molecule has 142 valence electrons. The normalized spacial score (nSPS) is 23.1. The molecule has 2 atom stereocenters. The molecular formula is C28H25P. The molecule has 0 aromatic heterocycles. The zero-order chi connectivity index (χ0) is 19.7. The lowest BCUT2D eigenvalue weighted by Crippen LogP contribution is -2.23. The molecule has 1 fully saturated rings. The van der Waals surface area contributed by atoms with Gasteiger partial charge in [-0.1, -0.05) is 128 Å². The smallest absolute Gasteiger partial charge is 0.0107 e. The zero-order valence-electron chi connectivity index (χ0n) is 16.6. The van der Waals surface area contributed by atoms with E-state index < -0.39 is 7.92 Å². The molecule has 0 amide bonds. The van der Waals surface area contributed by atoms with Gasteiger partial charge < -0.3 is 0 Å². The zero-order valence-corrected chi connectivity index (χ0v) is 17.5. The summed E-state index contributed by atoms with van der Waals surface area (Å²) in [4.78, 5) is 0. The molecule has 1 saturated carbocycles. The van der Waals surface area contributed by atoms with Crippen LogP contribution in [0.4, 0.5) is 0 Å². The standard InChI is InChI=1S/C28H25P/c1-28(29(24-18-10-4-11-19-24)25-20-12-5-13-21-25)26(22-14-6-2-7-15-22)27(28)23-16-8-3-9-17-23/h2-21,26-27H,1H3/t26-,27-/m1/s1. The van der Waals surface area contributed by atoms with Crippen LogP contribution in [-0.2, 0) is 0 Å². The van der Waals surface area contributed by atoms with Crippen molar-refractivity contribution >= 4 is 18.5 Å². The van der Waals surface area contributed by atoms with E-state index in [0.717, 1.165) is 0 Å². The van der Waals surface area contributed by atoms with Crippen LogP contribution in [0.1, 0.15) is 29.9 Å². The topological polar surface area (TPSA) is 0 Å². The van der Waals surface area contributed by atoms with Crippen LogP contribution >= 0.6 is 7.92 Å². The molecule has 0 saturated heterocycles. The van der Waals surface area contributed by atoms with E-state index in [2.05, 4.69) is 128 Å². The fourth-order valence-corrected chi connectivity index (χ4v) is 8.45. The largest absolute Gasteiger partial charge is 0.0622 e. The van der Waals surface area contributed by atoms with Gasteiger partial charge in [-0.25, -0.2) is 0 Å². The second-order valence-electron chi connectivity index (χ2n) is 8.01. The van der Waals surface area contributed by atoms with Gasteiger partial charge in [0.25, 0.3) is 0 Å². The van der Waals surface area contributed by atoms with Gasteiger partial charge in [0.15, 0.2) is 0 Å². The first-order valence-electron chi connectivity index (χ1n) is 10.3. The lowest BCUT2D eigenvalue weighted by molar-refractivity contribution is 0.948. The summed E-state index contributed by atoms with van der Waals surface area (Å²) in [5, 5.41) is 3.12. The van der Waals surface area contributed by atoms with Crippen molar-refractivity contribution in [1.29, 1.82) is 0 Å². The Hall–Kier alpha value is -2.69. The predicted molar refractivity (Wildman–Crippen MR) is 126 cm³/mol.